The first-order valence-electron chi connectivity index (χ1n) is 5.94. The first-order chi connectivity index (χ1) is 10.1. The van der Waals surface area contributed by atoms with Gasteiger partial charge in [-0.25, -0.2) is 8.78 Å². The zero-order chi connectivity index (χ0) is 15.0. The van der Waals surface area contributed by atoms with E-state index >= 15 is 0 Å². The van der Waals surface area contributed by atoms with E-state index in [0.29, 0.717) is 16.3 Å². The van der Waals surface area contributed by atoms with Crippen molar-refractivity contribution in [2.75, 3.05) is 12.8 Å². The third-order valence-corrected chi connectivity index (χ3v) is 3.89. The zero-order valence-electron chi connectivity index (χ0n) is 10.9. The molecule has 7 heteroatoms. The maximum Gasteiger partial charge on any atom is 0.230 e. The Morgan fingerprint density at radius 2 is 2.10 bits per heavy atom. The van der Waals surface area contributed by atoms with Crippen molar-refractivity contribution in [3.05, 3.63) is 41.3 Å². The Bertz CT molecular complexity index is 798. The first kappa shape index (κ1) is 13.6. The summed E-state index contributed by atoms with van der Waals surface area (Å²) in [6.07, 6.45) is 0. The topological polar surface area (TPSA) is 61.3 Å². The Balaban J connectivity index is 2.22. The highest BCUT2D eigenvalue weighted by atomic mass is 32.1. The number of rotatable bonds is 3. The van der Waals surface area contributed by atoms with Crippen LogP contribution in [-0.4, -0.2) is 12.3 Å². The number of nitrogen functional groups attached to an aromatic ring is 1. The van der Waals surface area contributed by atoms with Gasteiger partial charge in [-0.05, 0) is 23.6 Å². The van der Waals surface area contributed by atoms with Gasteiger partial charge >= 0.3 is 0 Å². The number of thiophene rings is 1. The van der Waals surface area contributed by atoms with Gasteiger partial charge in [0.05, 0.1) is 17.6 Å². The number of aromatic nitrogens is 1. The first-order valence-corrected chi connectivity index (χ1v) is 6.82. The van der Waals surface area contributed by atoms with Gasteiger partial charge in [0.1, 0.15) is 23.1 Å². The van der Waals surface area contributed by atoms with Crippen LogP contribution in [0.3, 0.4) is 0 Å². The average Bonchev–Trinajstić information content (AvgIpc) is 3.05. The molecule has 2 N–H and O–H groups in total. The summed E-state index contributed by atoms with van der Waals surface area (Å²) in [4.78, 5) is 0.664. The van der Waals surface area contributed by atoms with Crippen LogP contribution in [0.15, 0.2) is 34.2 Å². The van der Waals surface area contributed by atoms with Gasteiger partial charge in [0.2, 0.25) is 5.88 Å². The summed E-state index contributed by atoms with van der Waals surface area (Å²) in [6, 6.07) is 5.00. The molecule has 108 valence electrons. The van der Waals surface area contributed by atoms with E-state index < -0.39 is 11.6 Å². The Morgan fingerprint density at radius 3 is 2.81 bits per heavy atom. The fraction of sp³-hybridized carbons (Fsp3) is 0.0714. The molecule has 0 aliphatic rings. The molecule has 21 heavy (non-hydrogen) atoms. The van der Waals surface area contributed by atoms with Crippen molar-refractivity contribution in [2.24, 2.45) is 0 Å². The van der Waals surface area contributed by atoms with E-state index in [9.17, 15) is 8.78 Å². The van der Waals surface area contributed by atoms with Crippen LogP contribution >= 0.6 is 11.3 Å². The molecule has 0 fully saturated rings. The Hall–Kier alpha value is -2.41. The smallest absolute Gasteiger partial charge is 0.230 e. The number of methoxy groups -OCH3 is 1. The minimum absolute atomic E-state index is 0.0361. The fourth-order valence-corrected chi connectivity index (χ4v) is 2.89. The number of hydrogen-bond donors (Lipinski definition) is 1. The summed E-state index contributed by atoms with van der Waals surface area (Å²) < 4.78 is 37.3. The Morgan fingerprint density at radius 1 is 1.29 bits per heavy atom. The lowest BCUT2D eigenvalue weighted by molar-refractivity contribution is 0.416. The fourth-order valence-electron chi connectivity index (χ4n) is 2.04. The maximum absolute atomic E-state index is 14.0. The van der Waals surface area contributed by atoms with E-state index in [0.717, 1.165) is 12.1 Å². The molecule has 0 unspecified atom stereocenters. The van der Waals surface area contributed by atoms with E-state index in [2.05, 4.69) is 5.16 Å². The molecule has 0 saturated carbocycles. The van der Waals surface area contributed by atoms with Crippen LogP contribution in [0, 0.1) is 11.6 Å². The molecule has 2 heterocycles. The van der Waals surface area contributed by atoms with Crippen LogP contribution in [-0.2, 0) is 0 Å². The largest absolute Gasteiger partial charge is 0.495 e. The monoisotopic (exact) mass is 308 g/mol. The Kier molecular flexibility index (Phi) is 3.34. The number of benzene rings is 1. The summed E-state index contributed by atoms with van der Waals surface area (Å²) in [7, 11) is 1.52. The van der Waals surface area contributed by atoms with Gasteiger partial charge in [-0.15, -0.1) is 11.3 Å². The molecule has 0 amide bonds. The third kappa shape index (κ3) is 2.25. The second-order valence-electron chi connectivity index (χ2n) is 4.21. The maximum atomic E-state index is 14.0. The predicted octanol–water partition coefficient (Wildman–Crippen LogP) is 3.94. The molecule has 2 aromatic heterocycles. The quantitative estimate of drug-likeness (QED) is 0.796. The van der Waals surface area contributed by atoms with Crippen molar-refractivity contribution in [1.82, 2.24) is 5.16 Å². The van der Waals surface area contributed by atoms with Crippen molar-refractivity contribution < 1.29 is 18.0 Å². The van der Waals surface area contributed by atoms with Crippen molar-refractivity contribution in [3.63, 3.8) is 0 Å². The van der Waals surface area contributed by atoms with E-state index in [1.807, 2.05) is 5.38 Å². The molecule has 4 nitrogen and oxygen atoms in total. The molecule has 0 aliphatic carbocycles. The highest BCUT2D eigenvalue weighted by molar-refractivity contribution is 7.14. The summed E-state index contributed by atoms with van der Waals surface area (Å²) in [5, 5.41) is 5.69. The van der Waals surface area contributed by atoms with Crippen LogP contribution in [0.2, 0.25) is 0 Å². The summed E-state index contributed by atoms with van der Waals surface area (Å²) in [6.45, 7) is 0. The minimum atomic E-state index is -0.735. The SMILES string of the molecule is COc1ccsc1-c1noc(N)c1-c1ccc(F)cc1F. The van der Waals surface area contributed by atoms with E-state index in [4.69, 9.17) is 15.0 Å². The molecule has 3 aromatic rings. The predicted molar refractivity (Wildman–Crippen MR) is 76.1 cm³/mol. The highest BCUT2D eigenvalue weighted by Gasteiger charge is 2.23. The number of nitrogens with zero attached hydrogens (tertiary/aromatic N) is 1. The van der Waals surface area contributed by atoms with Crippen LogP contribution in [0.1, 0.15) is 0 Å². The second-order valence-corrected chi connectivity index (χ2v) is 5.13. The molecule has 3 rings (SSSR count). The van der Waals surface area contributed by atoms with E-state index in [1.54, 1.807) is 6.07 Å². The summed E-state index contributed by atoms with van der Waals surface area (Å²) in [5.41, 5.74) is 6.53. The molecule has 0 radical (unpaired) electrons. The number of anilines is 1. The van der Waals surface area contributed by atoms with Crippen molar-refractivity contribution in [2.45, 2.75) is 0 Å². The minimum Gasteiger partial charge on any atom is -0.495 e. The summed E-state index contributed by atoms with van der Waals surface area (Å²) in [5.74, 6) is -0.855. The molecular weight excluding hydrogens is 298 g/mol. The number of halogens is 2. The standard InChI is InChI=1S/C14H10F2N2O2S/c1-19-10-4-5-21-13(10)12-11(14(17)20-18-12)8-3-2-7(15)6-9(8)16/h2-6H,17H2,1H3. The Labute approximate surface area is 122 Å². The number of hydrogen-bond acceptors (Lipinski definition) is 5. The lowest BCUT2D eigenvalue weighted by Crippen LogP contribution is -1.92. The van der Waals surface area contributed by atoms with Crippen molar-refractivity contribution in [3.8, 4) is 27.4 Å². The zero-order valence-corrected chi connectivity index (χ0v) is 11.7. The molecule has 0 saturated heterocycles. The van der Waals surface area contributed by atoms with Gasteiger partial charge in [0.15, 0.2) is 0 Å². The van der Waals surface area contributed by atoms with Crippen LogP contribution < -0.4 is 10.5 Å². The van der Waals surface area contributed by atoms with E-state index in [-0.39, 0.29) is 17.0 Å². The lowest BCUT2D eigenvalue weighted by atomic mass is 10.0. The lowest BCUT2D eigenvalue weighted by Gasteiger charge is -2.05. The highest BCUT2D eigenvalue weighted by Crippen LogP contribution is 2.43. The molecule has 0 atom stereocenters. The van der Waals surface area contributed by atoms with Crippen LogP contribution in [0.4, 0.5) is 14.7 Å². The molecular formula is C14H10F2N2O2S. The van der Waals surface area contributed by atoms with Gasteiger partial charge in [0.25, 0.3) is 0 Å². The van der Waals surface area contributed by atoms with Crippen LogP contribution in [0.5, 0.6) is 5.75 Å². The van der Waals surface area contributed by atoms with Gasteiger partial charge in [-0.3, -0.25) is 0 Å². The molecule has 0 spiro atoms. The van der Waals surface area contributed by atoms with Gasteiger partial charge < -0.3 is 15.0 Å². The van der Waals surface area contributed by atoms with Crippen molar-refractivity contribution >= 4 is 17.2 Å². The van der Waals surface area contributed by atoms with E-state index in [1.165, 1.54) is 24.5 Å². The third-order valence-electron chi connectivity index (χ3n) is 2.98. The normalized spacial score (nSPS) is 10.8. The van der Waals surface area contributed by atoms with Gasteiger partial charge in [-0.1, -0.05) is 5.16 Å². The second kappa shape index (κ2) is 5.17. The van der Waals surface area contributed by atoms with Gasteiger partial charge in [0, 0.05) is 11.6 Å². The number of nitrogens with two attached hydrogens (primary N) is 1. The van der Waals surface area contributed by atoms with Crippen molar-refractivity contribution in [1.29, 1.82) is 0 Å². The van der Waals surface area contributed by atoms with Crippen LogP contribution in [0.25, 0.3) is 21.7 Å². The molecule has 0 aliphatic heterocycles. The average molecular weight is 308 g/mol. The number of ether oxygens (including phenoxy) is 1. The molecule has 1 aromatic carbocycles. The molecule has 0 bridgehead atoms. The van der Waals surface area contributed by atoms with Gasteiger partial charge in [-0.2, -0.15) is 0 Å². The summed E-state index contributed by atoms with van der Waals surface area (Å²) >= 11 is 1.36.